The fraction of sp³-hybridized carbons (Fsp3) is 0.688. The average Bonchev–Trinajstić information content (AvgIpc) is 2.34. The van der Waals surface area contributed by atoms with E-state index in [1.807, 2.05) is 26.0 Å². The number of pyridine rings is 1. The van der Waals surface area contributed by atoms with Gasteiger partial charge in [0, 0.05) is 12.1 Å². The van der Waals surface area contributed by atoms with Crippen molar-refractivity contribution in [1.82, 2.24) is 10.3 Å². The molecule has 1 aromatic heterocycles. The molecule has 114 valence electrons. The minimum absolute atomic E-state index is 0.0762. The van der Waals surface area contributed by atoms with Crippen LogP contribution >= 0.6 is 0 Å². The fourth-order valence-electron chi connectivity index (χ4n) is 1.35. The number of rotatable bonds is 6. The predicted molar refractivity (Wildman–Crippen MR) is 81.8 cm³/mol. The zero-order valence-corrected chi connectivity index (χ0v) is 13.5. The van der Waals surface area contributed by atoms with Crippen molar-refractivity contribution in [2.75, 3.05) is 6.61 Å². The Bertz CT molecular complexity index is 405. The van der Waals surface area contributed by atoms with Gasteiger partial charge in [-0.1, -0.05) is 13.8 Å². The summed E-state index contributed by atoms with van der Waals surface area (Å²) in [6.45, 7) is 13.1. The maximum absolute atomic E-state index is 10.1. The molecule has 0 fully saturated rings. The quantitative estimate of drug-likeness (QED) is 0.841. The first kappa shape index (κ1) is 16.9. The van der Waals surface area contributed by atoms with E-state index >= 15 is 0 Å². The van der Waals surface area contributed by atoms with Crippen LogP contribution in [-0.4, -0.2) is 27.8 Å². The lowest BCUT2D eigenvalue weighted by molar-refractivity contribution is -0.0267. The topological polar surface area (TPSA) is 54.4 Å². The monoisotopic (exact) mass is 280 g/mol. The molecule has 0 radical (unpaired) electrons. The molecular formula is C16H28N2O2. The smallest absolute Gasteiger partial charge is 0.137 e. The minimum atomic E-state index is -0.827. The van der Waals surface area contributed by atoms with Crippen LogP contribution in [0.4, 0.5) is 0 Å². The van der Waals surface area contributed by atoms with Gasteiger partial charge in [-0.2, -0.15) is 0 Å². The van der Waals surface area contributed by atoms with Crippen LogP contribution in [0.5, 0.6) is 5.75 Å². The van der Waals surface area contributed by atoms with E-state index in [9.17, 15) is 5.11 Å². The second-order valence-corrected chi connectivity index (χ2v) is 6.89. The number of ether oxygens (including phenoxy) is 1. The molecule has 1 heterocycles. The van der Waals surface area contributed by atoms with Crippen LogP contribution < -0.4 is 10.1 Å². The zero-order valence-electron chi connectivity index (χ0n) is 13.5. The van der Waals surface area contributed by atoms with Crippen LogP contribution in [0.15, 0.2) is 18.3 Å². The molecule has 1 aromatic rings. The van der Waals surface area contributed by atoms with Gasteiger partial charge in [-0.05, 0) is 45.7 Å². The summed E-state index contributed by atoms with van der Waals surface area (Å²) in [5.41, 5.74) is 0.224. The summed E-state index contributed by atoms with van der Waals surface area (Å²) in [4.78, 5) is 4.36. The van der Waals surface area contributed by atoms with E-state index in [0.717, 1.165) is 12.2 Å². The van der Waals surface area contributed by atoms with Gasteiger partial charge in [0.15, 0.2) is 0 Å². The van der Waals surface area contributed by atoms with Crippen molar-refractivity contribution in [2.45, 2.75) is 59.2 Å². The maximum atomic E-state index is 10.1. The summed E-state index contributed by atoms with van der Waals surface area (Å²) in [6, 6.07) is 3.83. The van der Waals surface area contributed by atoms with Gasteiger partial charge < -0.3 is 15.2 Å². The summed E-state index contributed by atoms with van der Waals surface area (Å²) >= 11 is 0. The highest BCUT2D eigenvalue weighted by Crippen LogP contribution is 2.18. The van der Waals surface area contributed by atoms with Crippen LogP contribution in [0.2, 0.25) is 0 Å². The largest absolute Gasteiger partial charge is 0.489 e. The van der Waals surface area contributed by atoms with Gasteiger partial charge >= 0.3 is 0 Å². The maximum Gasteiger partial charge on any atom is 0.137 e. The number of hydrogen-bond donors (Lipinski definition) is 2. The SMILES string of the molecule is CC(C)C(C)(O)COc1ccc(CNC(C)(C)C)nc1. The molecule has 4 nitrogen and oxygen atoms in total. The zero-order chi connectivity index (χ0) is 15.4. The van der Waals surface area contributed by atoms with Gasteiger partial charge in [0.25, 0.3) is 0 Å². The van der Waals surface area contributed by atoms with Crippen molar-refractivity contribution >= 4 is 0 Å². The number of nitrogens with zero attached hydrogens (tertiary/aromatic N) is 1. The third-order valence-corrected chi connectivity index (χ3v) is 3.37. The molecule has 20 heavy (non-hydrogen) atoms. The van der Waals surface area contributed by atoms with Crippen LogP contribution in [0.25, 0.3) is 0 Å². The Labute approximate surface area is 122 Å². The number of hydrogen-bond acceptors (Lipinski definition) is 4. The van der Waals surface area contributed by atoms with Crippen LogP contribution in [0, 0.1) is 5.92 Å². The Kier molecular flexibility index (Phi) is 5.54. The molecule has 2 N–H and O–H groups in total. The van der Waals surface area contributed by atoms with Crippen LogP contribution in [0.3, 0.4) is 0 Å². The highest BCUT2D eigenvalue weighted by molar-refractivity contribution is 5.20. The van der Waals surface area contributed by atoms with Gasteiger partial charge in [0.1, 0.15) is 12.4 Å². The highest BCUT2D eigenvalue weighted by Gasteiger charge is 2.25. The normalized spacial score (nSPS) is 15.2. The molecule has 1 atom stereocenters. The molecule has 0 aromatic carbocycles. The van der Waals surface area contributed by atoms with Gasteiger partial charge in [0.05, 0.1) is 17.5 Å². The minimum Gasteiger partial charge on any atom is -0.489 e. The number of aliphatic hydroxyl groups is 1. The van der Waals surface area contributed by atoms with E-state index < -0.39 is 5.60 Å². The summed E-state index contributed by atoms with van der Waals surface area (Å²) in [7, 11) is 0. The Morgan fingerprint density at radius 1 is 1.25 bits per heavy atom. The molecule has 0 aliphatic carbocycles. The molecule has 0 amide bonds. The first-order valence-electron chi connectivity index (χ1n) is 7.15. The van der Waals surface area contributed by atoms with Crippen molar-refractivity contribution in [3.8, 4) is 5.75 Å². The molecule has 0 saturated carbocycles. The van der Waals surface area contributed by atoms with Crippen molar-refractivity contribution in [1.29, 1.82) is 0 Å². The van der Waals surface area contributed by atoms with Crippen molar-refractivity contribution in [2.24, 2.45) is 5.92 Å². The predicted octanol–water partition coefficient (Wildman–Crippen LogP) is 2.76. The Morgan fingerprint density at radius 3 is 2.35 bits per heavy atom. The van der Waals surface area contributed by atoms with Gasteiger partial charge in [-0.15, -0.1) is 0 Å². The molecule has 4 heteroatoms. The Balaban J connectivity index is 2.51. The molecule has 1 rings (SSSR count). The molecule has 0 spiro atoms. The standard InChI is InChI=1S/C16H28N2O2/c1-12(2)16(6,19)11-20-14-8-7-13(17-10-14)9-18-15(3,4)5/h7-8,10,12,18-19H,9,11H2,1-6H3. The van der Waals surface area contributed by atoms with Gasteiger partial charge in [-0.25, -0.2) is 0 Å². The molecule has 0 aliphatic rings. The van der Waals surface area contributed by atoms with E-state index in [4.69, 9.17) is 4.74 Å². The van der Waals surface area contributed by atoms with E-state index in [1.165, 1.54) is 0 Å². The average molecular weight is 280 g/mol. The fourth-order valence-corrected chi connectivity index (χ4v) is 1.35. The number of aromatic nitrogens is 1. The lowest BCUT2D eigenvalue weighted by atomic mass is 9.94. The van der Waals surface area contributed by atoms with Crippen molar-refractivity contribution in [3.05, 3.63) is 24.0 Å². The van der Waals surface area contributed by atoms with E-state index in [0.29, 0.717) is 5.75 Å². The Hall–Kier alpha value is -1.13. The van der Waals surface area contributed by atoms with Crippen molar-refractivity contribution < 1.29 is 9.84 Å². The van der Waals surface area contributed by atoms with Crippen LogP contribution in [0.1, 0.15) is 47.2 Å². The molecule has 1 unspecified atom stereocenters. The van der Waals surface area contributed by atoms with E-state index in [-0.39, 0.29) is 18.1 Å². The van der Waals surface area contributed by atoms with Crippen LogP contribution in [-0.2, 0) is 6.54 Å². The Morgan fingerprint density at radius 2 is 1.90 bits per heavy atom. The van der Waals surface area contributed by atoms with E-state index in [2.05, 4.69) is 31.1 Å². The molecular weight excluding hydrogens is 252 g/mol. The molecule has 0 bridgehead atoms. The second-order valence-electron chi connectivity index (χ2n) is 6.89. The lowest BCUT2D eigenvalue weighted by Gasteiger charge is -2.27. The highest BCUT2D eigenvalue weighted by atomic mass is 16.5. The summed E-state index contributed by atoms with van der Waals surface area (Å²) < 4.78 is 5.60. The summed E-state index contributed by atoms with van der Waals surface area (Å²) in [5, 5.41) is 13.5. The summed E-state index contributed by atoms with van der Waals surface area (Å²) in [5.74, 6) is 0.830. The van der Waals surface area contributed by atoms with Gasteiger partial charge in [0.2, 0.25) is 0 Å². The van der Waals surface area contributed by atoms with E-state index in [1.54, 1.807) is 13.1 Å². The molecule has 0 aliphatic heterocycles. The third-order valence-electron chi connectivity index (χ3n) is 3.37. The first-order chi connectivity index (χ1) is 9.10. The first-order valence-corrected chi connectivity index (χ1v) is 7.15. The number of nitrogens with one attached hydrogen (secondary N) is 1. The summed E-state index contributed by atoms with van der Waals surface area (Å²) in [6.07, 6.45) is 1.70. The lowest BCUT2D eigenvalue weighted by Crippen LogP contribution is -2.37. The molecule has 0 saturated heterocycles. The van der Waals surface area contributed by atoms with Gasteiger partial charge in [-0.3, -0.25) is 4.98 Å². The third kappa shape index (κ3) is 5.88. The second kappa shape index (κ2) is 6.55. The van der Waals surface area contributed by atoms with Crippen molar-refractivity contribution in [3.63, 3.8) is 0 Å².